The van der Waals surface area contributed by atoms with Gasteiger partial charge in [-0.3, -0.25) is 4.79 Å². The molecule has 0 aromatic carbocycles. The van der Waals surface area contributed by atoms with Crippen LogP contribution in [-0.4, -0.2) is 21.8 Å². The maximum absolute atomic E-state index is 12.1. The molecule has 0 radical (unpaired) electrons. The molecule has 4 heteroatoms. The van der Waals surface area contributed by atoms with Crippen LogP contribution in [0.2, 0.25) is 0 Å². The highest BCUT2D eigenvalue weighted by Crippen LogP contribution is 2.27. The lowest BCUT2D eigenvalue weighted by Gasteiger charge is -2.19. The number of hydrogen-bond acceptors (Lipinski definition) is 2. The van der Waals surface area contributed by atoms with Crippen LogP contribution in [0, 0.1) is 5.92 Å². The molecular formula is C12H15NO3. The third-order valence-corrected chi connectivity index (χ3v) is 3.22. The van der Waals surface area contributed by atoms with E-state index < -0.39 is 5.97 Å². The van der Waals surface area contributed by atoms with Gasteiger partial charge in [0.15, 0.2) is 5.78 Å². The van der Waals surface area contributed by atoms with Crippen molar-refractivity contribution >= 4 is 11.8 Å². The Kier molecular flexibility index (Phi) is 3.08. The van der Waals surface area contributed by atoms with Gasteiger partial charge in [-0.05, 0) is 12.8 Å². The van der Waals surface area contributed by atoms with Crippen LogP contribution in [0.4, 0.5) is 0 Å². The van der Waals surface area contributed by atoms with Crippen molar-refractivity contribution in [1.82, 2.24) is 4.98 Å². The second-order valence-corrected chi connectivity index (χ2v) is 4.29. The minimum atomic E-state index is -1.04. The summed E-state index contributed by atoms with van der Waals surface area (Å²) in [4.78, 5) is 25.7. The van der Waals surface area contributed by atoms with E-state index in [1.807, 2.05) is 0 Å². The highest BCUT2D eigenvalue weighted by Gasteiger charge is 2.26. The third-order valence-electron chi connectivity index (χ3n) is 3.22. The highest BCUT2D eigenvalue weighted by atomic mass is 16.4. The predicted molar refractivity (Wildman–Crippen MR) is 58.7 cm³/mol. The van der Waals surface area contributed by atoms with E-state index in [0.717, 1.165) is 25.7 Å². The molecule has 0 amide bonds. The summed E-state index contributed by atoms with van der Waals surface area (Å²) < 4.78 is 0. The molecule has 4 nitrogen and oxygen atoms in total. The molecule has 0 atom stereocenters. The Bertz CT molecular complexity index is 402. The lowest BCUT2D eigenvalue weighted by molar-refractivity contribution is 0.0689. The molecule has 2 rings (SSSR count). The molecule has 1 fully saturated rings. The number of rotatable bonds is 3. The molecular weight excluding hydrogens is 206 g/mol. The topological polar surface area (TPSA) is 70.2 Å². The third kappa shape index (κ3) is 2.01. The fraction of sp³-hybridized carbons (Fsp3) is 0.500. The van der Waals surface area contributed by atoms with Gasteiger partial charge in [-0.2, -0.15) is 0 Å². The van der Waals surface area contributed by atoms with Crippen molar-refractivity contribution in [3.63, 3.8) is 0 Å². The Morgan fingerprint density at radius 2 is 1.75 bits per heavy atom. The van der Waals surface area contributed by atoms with Gasteiger partial charge in [0.2, 0.25) is 0 Å². The molecule has 1 saturated carbocycles. The van der Waals surface area contributed by atoms with E-state index in [0.29, 0.717) is 5.56 Å². The molecule has 0 bridgehead atoms. The van der Waals surface area contributed by atoms with Gasteiger partial charge in [0.05, 0.1) is 5.56 Å². The number of aromatic amines is 1. The van der Waals surface area contributed by atoms with Crippen molar-refractivity contribution in [2.24, 2.45) is 5.92 Å². The Balaban J connectivity index is 2.19. The van der Waals surface area contributed by atoms with Gasteiger partial charge >= 0.3 is 5.97 Å². The quantitative estimate of drug-likeness (QED) is 0.770. The maximum Gasteiger partial charge on any atom is 0.337 e. The van der Waals surface area contributed by atoms with Crippen LogP contribution >= 0.6 is 0 Å². The van der Waals surface area contributed by atoms with Crippen LogP contribution in [0.1, 0.15) is 52.8 Å². The number of aromatic nitrogens is 1. The van der Waals surface area contributed by atoms with Gasteiger partial charge in [0.25, 0.3) is 0 Å². The fourth-order valence-electron chi connectivity index (χ4n) is 2.33. The summed E-state index contributed by atoms with van der Waals surface area (Å²) in [7, 11) is 0. The SMILES string of the molecule is O=C(O)c1c[nH]cc1C(=O)C1CCCCC1. The number of hydrogen-bond donors (Lipinski definition) is 2. The molecule has 0 aliphatic heterocycles. The first-order valence-electron chi connectivity index (χ1n) is 5.64. The summed E-state index contributed by atoms with van der Waals surface area (Å²) in [5.41, 5.74) is 0.426. The second kappa shape index (κ2) is 4.51. The number of nitrogens with one attached hydrogen (secondary N) is 1. The molecule has 0 unspecified atom stereocenters. The van der Waals surface area contributed by atoms with E-state index >= 15 is 0 Å². The van der Waals surface area contributed by atoms with Crippen LogP contribution in [0.3, 0.4) is 0 Å². The zero-order valence-corrected chi connectivity index (χ0v) is 9.03. The van der Waals surface area contributed by atoms with Gasteiger partial charge in [-0.15, -0.1) is 0 Å². The van der Waals surface area contributed by atoms with Crippen molar-refractivity contribution in [3.8, 4) is 0 Å². The van der Waals surface area contributed by atoms with E-state index in [1.54, 1.807) is 0 Å². The van der Waals surface area contributed by atoms with Crippen LogP contribution in [0.5, 0.6) is 0 Å². The number of aromatic carboxylic acids is 1. The lowest BCUT2D eigenvalue weighted by atomic mass is 9.84. The zero-order valence-electron chi connectivity index (χ0n) is 9.03. The number of carboxylic acids is 1. The number of carbonyl (C=O) groups is 2. The smallest absolute Gasteiger partial charge is 0.337 e. The van der Waals surface area contributed by atoms with E-state index in [-0.39, 0.29) is 17.3 Å². The standard InChI is InChI=1S/C12H15NO3/c14-11(8-4-2-1-3-5-8)9-6-13-7-10(9)12(15)16/h6-8,13H,1-5H2,(H,15,16). The Hall–Kier alpha value is -1.58. The van der Waals surface area contributed by atoms with Crippen LogP contribution in [0.15, 0.2) is 12.4 Å². The number of Topliss-reactive ketones (excluding diaryl/α,β-unsaturated/α-hetero) is 1. The monoisotopic (exact) mass is 221 g/mol. The molecule has 1 aliphatic carbocycles. The summed E-state index contributed by atoms with van der Waals surface area (Å²) in [5, 5.41) is 8.93. The number of carboxylic acid groups (broad SMARTS) is 1. The molecule has 1 aliphatic rings. The molecule has 1 heterocycles. The van der Waals surface area contributed by atoms with Crippen molar-refractivity contribution in [3.05, 3.63) is 23.5 Å². The first kappa shape index (κ1) is 10.9. The van der Waals surface area contributed by atoms with Crippen LogP contribution < -0.4 is 0 Å². The zero-order chi connectivity index (χ0) is 11.5. The molecule has 0 spiro atoms. The van der Waals surface area contributed by atoms with Crippen molar-refractivity contribution in [1.29, 1.82) is 0 Å². The molecule has 2 N–H and O–H groups in total. The Labute approximate surface area is 93.7 Å². The number of carbonyl (C=O) groups excluding carboxylic acids is 1. The molecule has 1 aromatic rings. The van der Waals surface area contributed by atoms with Gasteiger partial charge in [0.1, 0.15) is 0 Å². The van der Waals surface area contributed by atoms with E-state index in [9.17, 15) is 9.59 Å². The van der Waals surface area contributed by atoms with E-state index in [1.165, 1.54) is 18.8 Å². The van der Waals surface area contributed by atoms with Crippen LogP contribution in [-0.2, 0) is 0 Å². The average Bonchev–Trinajstić information content (AvgIpc) is 2.78. The molecule has 16 heavy (non-hydrogen) atoms. The summed E-state index contributed by atoms with van der Waals surface area (Å²) in [6.45, 7) is 0. The Morgan fingerprint density at radius 3 is 2.38 bits per heavy atom. The first-order valence-corrected chi connectivity index (χ1v) is 5.64. The summed E-state index contributed by atoms with van der Waals surface area (Å²) >= 11 is 0. The normalized spacial score (nSPS) is 17.2. The average molecular weight is 221 g/mol. The molecule has 1 aromatic heterocycles. The predicted octanol–water partition coefficient (Wildman–Crippen LogP) is 2.48. The lowest BCUT2D eigenvalue weighted by Crippen LogP contribution is -2.19. The summed E-state index contributed by atoms with van der Waals surface area (Å²) in [6, 6.07) is 0. The Morgan fingerprint density at radius 1 is 1.12 bits per heavy atom. The second-order valence-electron chi connectivity index (χ2n) is 4.29. The minimum Gasteiger partial charge on any atom is -0.478 e. The van der Waals surface area contributed by atoms with Gasteiger partial charge < -0.3 is 10.1 Å². The van der Waals surface area contributed by atoms with Gasteiger partial charge in [-0.1, -0.05) is 19.3 Å². The summed E-state index contributed by atoms with van der Waals surface area (Å²) in [6.07, 6.45) is 7.99. The van der Waals surface area contributed by atoms with Crippen molar-refractivity contribution < 1.29 is 14.7 Å². The minimum absolute atomic E-state index is 0.0154. The van der Waals surface area contributed by atoms with E-state index in [4.69, 9.17) is 5.11 Å². The highest BCUT2D eigenvalue weighted by molar-refractivity contribution is 6.06. The van der Waals surface area contributed by atoms with Crippen molar-refractivity contribution in [2.75, 3.05) is 0 Å². The largest absolute Gasteiger partial charge is 0.478 e. The molecule has 0 saturated heterocycles. The van der Waals surface area contributed by atoms with Crippen molar-refractivity contribution in [2.45, 2.75) is 32.1 Å². The van der Waals surface area contributed by atoms with Crippen LogP contribution in [0.25, 0.3) is 0 Å². The summed E-state index contributed by atoms with van der Waals surface area (Å²) in [5.74, 6) is -1.04. The fourth-order valence-corrected chi connectivity index (χ4v) is 2.33. The van der Waals surface area contributed by atoms with E-state index in [2.05, 4.69) is 4.98 Å². The molecule has 86 valence electrons. The van der Waals surface area contributed by atoms with Gasteiger partial charge in [-0.25, -0.2) is 4.79 Å². The number of ketones is 1. The van der Waals surface area contributed by atoms with Gasteiger partial charge in [0, 0.05) is 23.9 Å². The first-order chi connectivity index (χ1) is 7.70. The maximum atomic E-state index is 12.1. The number of H-pyrrole nitrogens is 1.